The maximum Gasteiger partial charge on any atom is 0.269 e. The lowest BCUT2D eigenvalue weighted by molar-refractivity contribution is -0.384. The quantitative estimate of drug-likeness (QED) is 0.514. The van der Waals surface area contributed by atoms with E-state index in [1.807, 2.05) is 11.1 Å². The summed E-state index contributed by atoms with van der Waals surface area (Å²) < 4.78 is 0. The molecule has 0 radical (unpaired) electrons. The van der Waals surface area contributed by atoms with Crippen LogP contribution in [0.15, 0.2) is 24.3 Å². The minimum Gasteiger partial charge on any atom is -0.393 e. The van der Waals surface area contributed by atoms with E-state index in [9.17, 15) is 15.2 Å². The molecule has 1 saturated heterocycles. The SMILES string of the molecule is O=[N+]([O-])c1cccc(C2ON2C2CCC(O)CC2)c1. The number of benzene rings is 1. The Kier molecular flexibility index (Phi) is 3.22. The zero-order valence-electron chi connectivity index (χ0n) is 10.4. The van der Waals surface area contributed by atoms with Gasteiger partial charge in [0.15, 0.2) is 6.23 Å². The van der Waals surface area contributed by atoms with E-state index in [1.165, 1.54) is 6.07 Å². The van der Waals surface area contributed by atoms with E-state index in [-0.39, 0.29) is 18.0 Å². The molecule has 1 N–H and O–H groups in total. The Morgan fingerprint density at radius 2 is 2.05 bits per heavy atom. The largest absolute Gasteiger partial charge is 0.393 e. The molecule has 6 heteroatoms. The fourth-order valence-electron chi connectivity index (χ4n) is 2.68. The van der Waals surface area contributed by atoms with Crippen molar-refractivity contribution in [2.45, 2.75) is 44.1 Å². The first-order chi connectivity index (χ1) is 9.15. The second-order valence-electron chi connectivity index (χ2n) is 5.13. The Hall–Kier alpha value is -1.50. The average molecular weight is 264 g/mol. The topological polar surface area (TPSA) is 78.9 Å². The molecule has 1 aromatic rings. The molecule has 1 aliphatic heterocycles. The lowest BCUT2D eigenvalue weighted by Gasteiger charge is -2.24. The van der Waals surface area contributed by atoms with Crippen molar-refractivity contribution in [3.05, 3.63) is 39.9 Å². The Labute approximate surface area is 110 Å². The molecule has 2 aliphatic rings. The number of nitro benzene ring substituents is 1. The zero-order valence-corrected chi connectivity index (χ0v) is 10.4. The number of hydroxylamine groups is 2. The first kappa shape index (κ1) is 12.5. The summed E-state index contributed by atoms with van der Waals surface area (Å²) in [6, 6.07) is 6.87. The van der Waals surface area contributed by atoms with E-state index >= 15 is 0 Å². The van der Waals surface area contributed by atoms with Gasteiger partial charge in [-0.2, -0.15) is 0 Å². The Balaban J connectivity index is 1.66. The minimum atomic E-state index is -0.396. The summed E-state index contributed by atoms with van der Waals surface area (Å²) in [6.07, 6.45) is 3.06. The molecule has 1 aromatic carbocycles. The number of aliphatic hydroxyl groups is 1. The van der Waals surface area contributed by atoms with Crippen LogP contribution in [0.5, 0.6) is 0 Å². The molecule has 0 spiro atoms. The smallest absolute Gasteiger partial charge is 0.269 e. The van der Waals surface area contributed by atoms with Crippen LogP contribution >= 0.6 is 0 Å². The highest BCUT2D eigenvalue weighted by molar-refractivity contribution is 5.35. The molecule has 1 aliphatic carbocycles. The molecule has 0 amide bonds. The number of rotatable bonds is 3. The van der Waals surface area contributed by atoms with Crippen LogP contribution in [0, 0.1) is 10.1 Å². The van der Waals surface area contributed by atoms with Gasteiger partial charge in [0.05, 0.1) is 11.0 Å². The fourth-order valence-corrected chi connectivity index (χ4v) is 2.68. The van der Waals surface area contributed by atoms with Crippen molar-refractivity contribution in [3.8, 4) is 0 Å². The molecule has 19 heavy (non-hydrogen) atoms. The van der Waals surface area contributed by atoms with Crippen LogP contribution in [0.1, 0.15) is 37.5 Å². The van der Waals surface area contributed by atoms with E-state index in [2.05, 4.69) is 0 Å². The van der Waals surface area contributed by atoms with Gasteiger partial charge in [-0.1, -0.05) is 12.1 Å². The van der Waals surface area contributed by atoms with Crippen molar-refractivity contribution in [1.82, 2.24) is 5.06 Å². The summed E-state index contributed by atoms with van der Waals surface area (Å²) in [7, 11) is 0. The molecule has 6 nitrogen and oxygen atoms in total. The lowest BCUT2D eigenvalue weighted by Crippen LogP contribution is -2.27. The molecule has 0 bridgehead atoms. The molecule has 1 saturated carbocycles. The summed E-state index contributed by atoms with van der Waals surface area (Å²) >= 11 is 0. The number of aliphatic hydroxyl groups excluding tert-OH is 1. The normalized spacial score (nSPS) is 33.9. The molecule has 1 heterocycles. The maximum absolute atomic E-state index is 10.7. The van der Waals surface area contributed by atoms with Crippen LogP contribution in [0.2, 0.25) is 0 Å². The Morgan fingerprint density at radius 1 is 1.32 bits per heavy atom. The predicted molar refractivity (Wildman–Crippen MR) is 67.0 cm³/mol. The summed E-state index contributed by atoms with van der Waals surface area (Å²) in [6.45, 7) is 0. The van der Waals surface area contributed by atoms with E-state index in [0.29, 0.717) is 6.04 Å². The van der Waals surface area contributed by atoms with E-state index in [0.717, 1.165) is 31.2 Å². The highest BCUT2D eigenvalue weighted by atomic mass is 16.8. The van der Waals surface area contributed by atoms with Crippen LogP contribution < -0.4 is 0 Å². The molecule has 102 valence electrons. The van der Waals surface area contributed by atoms with Crippen molar-refractivity contribution in [2.24, 2.45) is 0 Å². The van der Waals surface area contributed by atoms with Crippen molar-refractivity contribution in [3.63, 3.8) is 0 Å². The van der Waals surface area contributed by atoms with Crippen molar-refractivity contribution in [2.75, 3.05) is 0 Å². The van der Waals surface area contributed by atoms with Gasteiger partial charge in [0.2, 0.25) is 0 Å². The van der Waals surface area contributed by atoms with Gasteiger partial charge in [0.25, 0.3) is 5.69 Å². The molecule has 3 rings (SSSR count). The third-order valence-corrected chi connectivity index (χ3v) is 3.80. The number of hydrogen-bond donors (Lipinski definition) is 1. The van der Waals surface area contributed by atoms with Crippen LogP contribution in [0.3, 0.4) is 0 Å². The third-order valence-electron chi connectivity index (χ3n) is 3.80. The summed E-state index contributed by atoms with van der Waals surface area (Å²) in [5, 5.41) is 22.1. The second-order valence-corrected chi connectivity index (χ2v) is 5.13. The maximum atomic E-state index is 10.7. The van der Waals surface area contributed by atoms with Crippen LogP contribution in [0.25, 0.3) is 0 Å². The monoisotopic (exact) mass is 264 g/mol. The van der Waals surface area contributed by atoms with Gasteiger partial charge < -0.3 is 5.11 Å². The zero-order chi connectivity index (χ0) is 13.4. The number of nitro groups is 1. The lowest BCUT2D eigenvalue weighted by atomic mass is 9.93. The minimum absolute atomic E-state index is 0.0898. The third kappa shape index (κ3) is 2.60. The average Bonchev–Trinajstić information content (AvgIpc) is 3.20. The summed E-state index contributed by atoms with van der Waals surface area (Å²) in [5.74, 6) is 0. The fraction of sp³-hybridized carbons (Fsp3) is 0.538. The van der Waals surface area contributed by atoms with Crippen molar-refractivity contribution < 1.29 is 14.9 Å². The Bertz CT molecular complexity index is 485. The molecular weight excluding hydrogens is 248 g/mol. The molecule has 2 unspecified atom stereocenters. The molecular formula is C13H16N2O4. The van der Waals surface area contributed by atoms with Crippen molar-refractivity contribution in [1.29, 1.82) is 0 Å². The van der Waals surface area contributed by atoms with Crippen LogP contribution in [-0.4, -0.2) is 27.2 Å². The Morgan fingerprint density at radius 3 is 2.74 bits per heavy atom. The first-order valence-corrected chi connectivity index (χ1v) is 6.52. The highest BCUT2D eigenvalue weighted by Crippen LogP contribution is 2.43. The van der Waals surface area contributed by atoms with Gasteiger partial charge >= 0.3 is 0 Å². The molecule has 0 aromatic heterocycles. The van der Waals surface area contributed by atoms with Crippen molar-refractivity contribution >= 4 is 5.69 Å². The standard InChI is InChI=1S/C13H16N2O4/c16-12-6-4-10(5-7-12)14-13(19-14)9-2-1-3-11(8-9)15(17)18/h1-3,8,10,12-13,16H,4-7H2. The van der Waals surface area contributed by atoms with E-state index in [4.69, 9.17) is 4.84 Å². The van der Waals surface area contributed by atoms with Crippen LogP contribution in [0.4, 0.5) is 5.69 Å². The van der Waals surface area contributed by atoms with Crippen LogP contribution in [-0.2, 0) is 4.84 Å². The highest BCUT2D eigenvalue weighted by Gasteiger charge is 2.44. The van der Waals surface area contributed by atoms with E-state index < -0.39 is 4.92 Å². The van der Waals surface area contributed by atoms with Gasteiger partial charge in [0.1, 0.15) is 0 Å². The van der Waals surface area contributed by atoms with Gasteiger partial charge in [-0.3, -0.25) is 15.0 Å². The van der Waals surface area contributed by atoms with E-state index in [1.54, 1.807) is 12.1 Å². The molecule has 2 atom stereocenters. The number of non-ortho nitro benzene ring substituents is 1. The predicted octanol–water partition coefficient (Wildman–Crippen LogP) is 2.14. The van der Waals surface area contributed by atoms with Gasteiger partial charge in [0, 0.05) is 23.7 Å². The number of hydrogen-bond acceptors (Lipinski definition) is 5. The van der Waals surface area contributed by atoms with Gasteiger partial charge in [-0.25, -0.2) is 0 Å². The van der Waals surface area contributed by atoms with Gasteiger partial charge in [-0.05, 0) is 25.7 Å². The summed E-state index contributed by atoms with van der Waals surface area (Å²) in [5.41, 5.74) is 0.910. The summed E-state index contributed by atoms with van der Waals surface area (Å²) in [4.78, 5) is 15.9. The molecule has 2 fully saturated rings. The second kappa shape index (κ2) is 4.88. The number of nitrogens with zero attached hydrogens (tertiary/aromatic N) is 2. The van der Waals surface area contributed by atoms with Gasteiger partial charge in [-0.15, -0.1) is 5.06 Å². The first-order valence-electron chi connectivity index (χ1n) is 6.52.